The molecule has 6 heteroatoms. The Morgan fingerprint density at radius 3 is 2.44 bits per heavy atom. The lowest BCUT2D eigenvalue weighted by Crippen LogP contribution is -2.44. The lowest BCUT2D eigenvalue weighted by molar-refractivity contribution is -0.140. The number of rotatable bonds is 5. The SMILES string of the molecule is CC[C@H](C)[C@H](NC(=O)c1sc(C)nc1C)C(=O)O. The van der Waals surface area contributed by atoms with Gasteiger partial charge in [-0.05, 0) is 19.8 Å². The second-order valence-corrected chi connectivity index (χ2v) is 5.53. The number of nitrogens with zero attached hydrogens (tertiary/aromatic N) is 1. The average molecular weight is 270 g/mol. The normalized spacial score (nSPS) is 14.0. The highest BCUT2D eigenvalue weighted by molar-refractivity contribution is 7.13. The summed E-state index contributed by atoms with van der Waals surface area (Å²) < 4.78 is 0. The lowest BCUT2D eigenvalue weighted by Gasteiger charge is -2.19. The molecule has 5 nitrogen and oxygen atoms in total. The third kappa shape index (κ3) is 3.29. The molecule has 18 heavy (non-hydrogen) atoms. The Bertz CT molecular complexity index is 456. The Morgan fingerprint density at radius 1 is 1.44 bits per heavy atom. The molecular weight excluding hydrogens is 252 g/mol. The van der Waals surface area contributed by atoms with Gasteiger partial charge in [-0.15, -0.1) is 11.3 Å². The molecule has 0 aromatic carbocycles. The van der Waals surface area contributed by atoms with Crippen LogP contribution in [-0.2, 0) is 4.79 Å². The third-order valence-electron chi connectivity index (χ3n) is 2.88. The van der Waals surface area contributed by atoms with Gasteiger partial charge in [0.25, 0.3) is 5.91 Å². The molecule has 0 aliphatic rings. The highest BCUT2D eigenvalue weighted by atomic mass is 32.1. The van der Waals surface area contributed by atoms with Crippen molar-refractivity contribution in [1.29, 1.82) is 0 Å². The Morgan fingerprint density at radius 2 is 2.06 bits per heavy atom. The molecule has 100 valence electrons. The van der Waals surface area contributed by atoms with Crippen LogP contribution >= 0.6 is 11.3 Å². The molecule has 1 heterocycles. The van der Waals surface area contributed by atoms with Crippen molar-refractivity contribution in [2.45, 2.75) is 40.2 Å². The fraction of sp³-hybridized carbons (Fsp3) is 0.583. The zero-order chi connectivity index (χ0) is 13.9. The lowest BCUT2D eigenvalue weighted by atomic mass is 9.99. The Hall–Kier alpha value is -1.43. The van der Waals surface area contributed by atoms with Crippen LogP contribution in [0.3, 0.4) is 0 Å². The first kappa shape index (κ1) is 14.6. The van der Waals surface area contributed by atoms with Crippen LogP contribution in [0.25, 0.3) is 0 Å². The van der Waals surface area contributed by atoms with Gasteiger partial charge in [0.2, 0.25) is 0 Å². The number of thiazole rings is 1. The van der Waals surface area contributed by atoms with Crippen molar-refractivity contribution in [2.24, 2.45) is 5.92 Å². The van der Waals surface area contributed by atoms with Gasteiger partial charge in [-0.2, -0.15) is 0 Å². The summed E-state index contributed by atoms with van der Waals surface area (Å²) in [6.07, 6.45) is 0.692. The molecule has 0 unspecified atom stereocenters. The molecule has 0 aliphatic carbocycles. The standard InChI is InChI=1S/C12H18N2O3S/c1-5-6(2)9(12(16)17)14-11(15)10-7(3)13-8(4)18-10/h6,9H,5H2,1-4H3,(H,14,15)(H,16,17)/t6-,9-/m0/s1. The molecule has 0 bridgehead atoms. The minimum absolute atomic E-state index is 0.110. The summed E-state index contributed by atoms with van der Waals surface area (Å²) in [5.74, 6) is -1.47. The smallest absolute Gasteiger partial charge is 0.326 e. The maximum Gasteiger partial charge on any atom is 0.326 e. The first-order valence-corrected chi connectivity index (χ1v) is 6.66. The van der Waals surface area contributed by atoms with E-state index < -0.39 is 12.0 Å². The van der Waals surface area contributed by atoms with Crippen molar-refractivity contribution in [1.82, 2.24) is 10.3 Å². The van der Waals surface area contributed by atoms with Gasteiger partial charge in [0.1, 0.15) is 10.9 Å². The van der Waals surface area contributed by atoms with Gasteiger partial charge >= 0.3 is 5.97 Å². The first-order valence-electron chi connectivity index (χ1n) is 5.84. The Kier molecular flexibility index (Phi) is 4.84. The van der Waals surface area contributed by atoms with E-state index in [4.69, 9.17) is 5.11 Å². The molecule has 1 aromatic heterocycles. The van der Waals surface area contributed by atoms with Crippen LogP contribution in [0, 0.1) is 19.8 Å². The van der Waals surface area contributed by atoms with Crippen molar-refractivity contribution in [3.05, 3.63) is 15.6 Å². The van der Waals surface area contributed by atoms with Gasteiger partial charge in [0.15, 0.2) is 0 Å². The van der Waals surface area contributed by atoms with E-state index in [1.807, 2.05) is 20.8 Å². The number of hydrogen-bond donors (Lipinski definition) is 2. The molecular formula is C12H18N2O3S. The summed E-state index contributed by atoms with van der Waals surface area (Å²) in [6.45, 7) is 7.27. The molecule has 0 saturated heterocycles. The van der Waals surface area contributed by atoms with E-state index in [-0.39, 0.29) is 11.8 Å². The minimum Gasteiger partial charge on any atom is -0.480 e. The zero-order valence-electron chi connectivity index (χ0n) is 11.0. The highest BCUT2D eigenvalue weighted by Crippen LogP contribution is 2.18. The van der Waals surface area contributed by atoms with Crippen LogP contribution in [0.4, 0.5) is 0 Å². The van der Waals surface area contributed by atoms with E-state index in [9.17, 15) is 9.59 Å². The number of aromatic nitrogens is 1. The molecule has 1 aromatic rings. The maximum atomic E-state index is 12.0. The minimum atomic E-state index is -1.00. The predicted molar refractivity (Wildman–Crippen MR) is 69.9 cm³/mol. The summed E-state index contributed by atoms with van der Waals surface area (Å²) in [7, 11) is 0. The van der Waals surface area contributed by atoms with Crippen LogP contribution in [0.1, 0.15) is 40.6 Å². The molecule has 0 spiro atoms. The monoisotopic (exact) mass is 270 g/mol. The van der Waals surface area contributed by atoms with Crippen LogP contribution in [-0.4, -0.2) is 28.0 Å². The van der Waals surface area contributed by atoms with E-state index in [1.165, 1.54) is 11.3 Å². The quantitative estimate of drug-likeness (QED) is 0.857. The van der Waals surface area contributed by atoms with Gasteiger partial charge in [-0.1, -0.05) is 20.3 Å². The van der Waals surface area contributed by atoms with Crippen molar-refractivity contribution < 1.29 is 14.7 Å². The number of carboxylic acid groups (broad SMARTS) is 1. The second kappa shape index (κ2) is 5.95. The van der Waals surface area contributed by atoms with Gasteiger partial charge in [-0.25, -0.2) is 9.78 Å². The predicted octanol–water partition coefficient (Wildman–Crippen LogP) is 1.99. The van der Waals surface area contributed by atoms with Gasteiger partial charge in [-0.3, -0.25) is 4.79 Å². The van der Waals surface area contributed by atoms with Crippen molar-refractivity contribution in [2.75, 3.05) is 0 Å². The van der Waals surface area contributed by atoms with Crippen molar-refractivity contribution in [3.63, 3.8) is 0 Å². The van der Waals surface area contributed by atoms with Crippen LogP contribution in [0.5, 0.6) is 0 Å². The zero-order valence-corrected chi connectivity index (χ0v) is 11.8. The van der Waals surface area contributed by atoms with E-state index in [0.29, 0.717) is 17.0 Å². The fourth-order valence-corrected chi connectivity index (χ4v) is 2.45. The Balaban J connectivity index is 2.85. The molecule has 1 rings (SSSR count). The van der Waals surface area contributed by atoms with Crippen LogP contribution < -0.4 is 5.32 Å². The topological polar surface area (TPSA) is 79.3 Å². The fourth-order valence-electron chi connectivity index (χ4n) is 1.63. The number of nitrogens with one attached hydrogen (secondary N) is 1. The van der Waals surface area contributed by atoms with Gasteiger partial charge < -0.3 is 10.4 Å². The molecule has 0 radical (unpaired) electrons. The molecule has 0 saturated carbocycles. The summed E-state index contributed by atoms with van der Waals surface area (Å²) in [5, 5.41) is 12.5. The second-order valence-electron chi connectivity index (χ2n) is 4.32. The third-order valence-corrected chi connectivity index (χ3v) is 3.95. The molecule has 0 fully saturated rings. The number of hydrogen-bond acceptors (Lipinski definition) is 4. The molecule has 2 N–H and O–H groups in total. The number of amides is 1. The van der Waals surface area contributed by atoms with Crippen LogP contribution in [0.2, 0.25) is 0 Å². The van der Waals surface area contributed by atoms with Crippen LogP contribution in [0.15, 0.2) is 0 Å². The number of carbonyl (C=O) groups is 2. The number of carboxylic acids is 1. The van der Waals surface area contributed by atoms with Crippen molar-refractivity contribution >= 4 is 23.2 Å². The van der Waals surface area contributed by atoms with Gasteiger partial charge in [0, 0.05) is 0 Å². The number of carbonyl (C=O) groups excluding carboxylic acids is 1. The largest absolute Gasteiger partial charge is 0.480 e. The number of aliphatic carboxylic acids is 1. The molecule has 1 amide bonds. The van der Waals surface area contributed by atoms with Gasteiger partial charge in [0.05, 0.1) is 10.7 Å². The highest BCUT2D eigenvalue weighted by Gasteiger charge is 2.27. The molecule has 0 aliphatic heterocycles. The van der Waals surface area contributed by atoms with E-state index in [0.717, 1.165) is 5.01 Å². The van der Waals surface area contributed by atoms with E-state index in [2.05, 4.69) is 10.3 Å². The first-order chi connectivity index (χ1) is 8.36. The molecule has 2 atom stereocenters. The summed E-state index contributed by atoms with van der Waals surface area (Å²) in [4.78, 5) is 27.8. The Labute approximate surface area is 110 Å². The van der Waals surface area contributed by atoms with Crippen molar-refractivity contribution in [3.8, 4) is 0 Å². The summed E-state index contributed by atoms with van der Waals surface area (Å²) in [6, 6.07) is -0.857. The summed E-state index contributed by atoms with van der Waals surface area (Å²) >= 11 is 1.28. The maximum absolute atomic E-state index is 12.0. The van der Waals surface area contributed by atoms with E-state index >= 15 is 0 Å². The van der Waals surface area contributed by atoms with E-state index in [1.54, 1.807) is 6.92 Å². The number of aryl methyl sites for hydroxylation is 2. The average Bonchev–Trinajstić information content (AvgIpc) is 2.63. The summed E-state index contributed by atoms with van der Waals surface area (Å²) in [5.41, 5.74) is 0.642.